The lowest BCUT2D eigenvalue weighted by Crippen LogP contribution is -2.17. The van der Waals surface area contributed by atoms with Gasteiger partial charge in [-0.1, -0.05) is 37.3 Å². The van der Waals surface area contributed by atoms with Crippen molar-refractivity contribution in [1.29, 1.82) is 0 Å². The van der Waals surface area contributed by atoms with E-state index < -0.39 is 6.23 Å². The van der Waals surface area contributed by atoms with Gasteiger partial charge < -0.3 is 14.8 Å². The number of para-hydroxylation sites is 1. The number of esters is 1. The van der Waals surface area contributed by atoms with E-state index in [1.807, 2.05) is 43.3 Å². The molecule has 1 aromatic heterocycles. The standard InChI is InChI=1S/C20H18N4O3/c1-3-16-22-19-17(24-23-16)14-6-4-5-7-15(14)21-18(27-19)12-8-10-13(11-9-12)20(25)26-2/h4-11,18,21H,3H2,1-2H3. The average Bonchev–Trinajstić information content (AvgIpc) is 2.89. The smallest absolute Gasteiger partial charge is 0.337 e. The van der Waals surface area contributed by atoms with Gasteiger partial charge >= 0.3 is 5.97 Å². The van der Waals surface area contributed by atoms with Crippen molar-refractivity contribution in [2.24, 2.45) is 0 Å². The molecule has 1 unspecified atom stereocenters. The Hall–Kier alpha value is -3.48. The fourth-order valence-electron chi connectivity index (χ4n) is 2.91. The number of hydrogen-bond acceptors (Lipinski definition) is 7. The third-order valence-corrected chi connectivity index (χ3v) is 4.35. The summed E-state index contributed by atoms with van der Waals surface area (Å²) in [5, 5.41) is 11.9. The molecule has 3 aromatic rings. The molecule has 27 heavy (non-hydrogen) atoms. The molecule has 0 amide bonds. The monoisotopic (exact) mass is 362 g/mol. The Bertz CT molecular complexity index is 989. The first kappa shape index (κ1) is 17.0. The van der Waals surface area contributed by atoms with E-state index in [1.54, 1.807) is 12.1 Å². The molecule has 0 spiro atoms. The molecule has 1 aliphatic heterocycles. The maximum atomic E-state index is 11.7. The number of benzene rings is 2. The highest BCUT2D eigenvalue weighted by atomic mass is 16.5. The Labute approximate surface area is 156 Å². The molecular weight excluding hydrogens is 344 g/mol. The van der Waals surface area contributed by atoms with Gasteiger partial charge in [-0.2, -0.15) is 4.98 Å². The summed E-state index contributed by atoms with van der Waals surface area (Å²) in [6, 6.07) is 14.9. The van der Waals surface area contributed by atoms with Crippen LogP contribution in [0, 0.1) is 0 Å². The zero-order chi connectivity index (χ0) is 18.8. The van der Waals surface area contributed by atoms with Crippen LogP contribution in [0.4, 0.5) is 5.69 Å². The summed E-state index contributed by atoms with van der Waals surface area (Å²) in [5.74, 6) is 0.672. The first-order valence-corrected chi connectivity index (χ1v) is 8.64. The van der Waals surface area contributed by atoms with Crippen molar-refractivity contribution in [3.8, 4) is 17.1 Å². The molecule has 0 fully saturated rings. The maximum Gasteiger partial charge on any atom is 0.337 e. The Morgan fingerprint density at radius 2 is 1.93 bits per heavy atom. The largest absolute Gasteiger partial charge is 0.465 e. The van der Waals surface area contributed by atoms with E-state index in [9.17, 15) is 4.79 Å². The van der Waals surface area contributed by atoms with E-state index in [2.05, 4.69) is 20.5 Å². The van der Waals surface area contributed by atoms with E-state index in [0.29, 0.717) is 29.4 Å². The van der Waals surface area contributed by atoms with Crippen LogP contribution >= 0.6 is 0 Å². The van der Waals surface area contributed by atoms with Crippen molar-refractivity contribution in [3.05, 3.63) is 65.5 Å². The second-order valence-electron chi connectivity index (χ2n) is 6.04. The summed E-state index contributed by atoms with van der Waals surface area (Å²) < 4.78 is 10.9. The van der Waals surface area contributed by atoms with E-state index >= 15 is 0 Å². The van der Waals surface area contributed by atoms with Crippen LogP contribution in [0.1, 0.15) is 34.9 Å². The summed E-state index contributed by atoms with van der Waals surface area (Å²) in [6.45, 7) is 1.97. The van der Waals surface area contributed by atoms with Crippen LogP contribution in [0.2, 0.25) is 0 Å². The third kappa shape index (κ3) is 3.19. The van der Waals surface area contributed by atoms with Gasteiger partial charge in [0.1, 0.15) is 0 Å². The highest BCUT2D eigenvalue weighted by Gasteiger charge is 2.25. The maximum absolute atomic E-state index is 11.7. The lowest BCUT2D eigenvalue weighted by Gasteiger charge is -2.19. The molecule has 136 valence electrons. The summed E-state index contributed by atoms with van der Waals surface area (Å²) in [6.07, 6.45) is 0.178. The summed E-state index contributed by atoms with van der Waals surface area (Å²) in [4.78, 5) is 16.2. The van der Waals surface area contributed by atoms with Gasteiger partial charge in [0.15, 0.2) is 17.7 Å². The highest BCUT2D eigenvalue weighted by molar-refractivity contribution is 5.89. The Morgan fingerprint density at radius 1 is 1.15 bits per heavy atom. The predicted octanol–water partition coefficient (Wildman–Crippen LogP) is 3.39. The molecule has 4 rings (SSSR count). The second kappa shape index (κ2) is 7.03. The van der Waals surface area contributed by atoms with Crippen molar-refractivity contribution in [3.63, 3.8) is 0 Å². The molecule has 0 saturated carbocycles. The number of nitrogens with one attached hydrogen (secondary N) is 1. The highest BCUT2D eigenvalue weighted by Crippen LogP contribution is 2.38. The Balaban J connectivity index is 1.76. The van der Waals surface area contributed by atoms with Crippen LogP contribution in [0.5, 0.6) is 5.88 Å². The molecule has 7 nitrogen and oxygen atoms in total. The fraction of sp³-hybridized carbons (Fsp3) is 0.200. The van der Waals surface area contributed by atoms with Crippen molar-refractivity contribution in [2.45, 2.75) is 19.6 Å². The number of hydrogen-bond donors (Lipinski definition) is 1. The number of aryl methyl sites for hydroxylation is 1. The number of anilines is 1. The first-order valence-electron chi connectivity index (χ1n) is 8.64. The van der Waals surface area contributed by atoms with Crippen molar-refractivity contribution in [1.82, 2.24) is 15.2 Å². The van der Waals surface area contributed by atoms with Gasteiger partial charge in [0, 0.05) is 23.2 Å². The van der Waals surface area contributed by atoms with E-state index in [0.717, 1.165) is 16.8 Å². The van der Waals surface area contributed by atoms with Gasteiger partial charge in [0.05, 0.1) is 12.7 Å². The van der Waals surface area contributed by atoms with E-state index in [4.69, 9.17) is 9.47 Å². The lowest BCUT2D eigenvalue weighted by molar-refractivity contribution is 0.0600. The van der Waals surface area contributed by atoms with Crippen molar-refractivity contribution in [2.75, 3.05) is 12.4 Å². The van der Waals surface area contributed by atoms with Gasteiger partial charge in [-0.15, -0.1) is 10.2 Å². The zero-order valence-electron chi connectivity index (χ0n) is 15.0. The minimum absolute atomic E-state index is 0.378. The second-order valence-corrected chi connectivity index (χ2v) is 6.04. The molecule has 1 N–H and O–H groups in total. The lowest BCUT2D eigenvalue weighted by atomic mass is 10.1. The molecular formula is C20H18N4O3. The molecule has 2 aromatic carbocycles. The number of methoxy groups -OCH3 is 1. The minimum atomic E-state index is -0.486. The molecule has 0 aliphatic carbocycles. The fourth-order valence-corrected chi connectivity index (χ4v) is 2.91. The molecule has 2 heterocycles. The zero-order valence-corrected chi connectivity index (χ0v) is 15.0. The van der Waals surface area contributed by atoms with Crippen LogP contribution in [0.15, 0.2) is 48.5 Å². The number of nitrogens with zero attached hydrogens (tertiary/aromatic N) is 3. The molecule has 1 aliphatic rings. The molecule has 1 atom stereocenters. The number of rotatable bonds is 3. The number of aromatic nitrogens is 3. The molecule has 0 bridgehead atoms. The minimum Gasteiger partial charge on any atom is -0.465 e. The number of carbonyl (C=O) groups is 1. The molecule has 0 saturated heterocycles. The van der Waals surface area contributed by atoms with Crippen LogP contribution in [0.3, 0.4) is 0 Å². The topological polar surface area (TPSA) is 86.2 Å². The van der Waals surface area contributed by atoms with Gasteiger partial charge in [-0.3, -0.25) is 0 Å². The van der Waals surface area contributed by atoms with Gasteiger partial charge in [-0.05, 0) is 18.2 Å². The molecule has 0 radical (unpaired) electrons. The van der Waals surface area contributed by atoms with Crippen LogP contribution in [0.25, 0.3) is 11.3 Å². The van der Waals surface area contributed by atoms with Gasteiger partial charge in [-0.25, -0.2) is 4.79 Å². The van der Waals surface area contributed by atoms with Gasteiger partial charge in [0.25, 0.3) is 0 Å². The van der Waals surface area contributed by atoms with E-state index in [1.165, 1.54) is 7.11 Å². The third-order valence-electron chi connectivity index (χ3n) is 4.35. The quantitative estimate of drug-likeness (QED) is 0.715. The first-order chi connectivity index (χ1) is 13.2. The number of ether oxygens (including phenoxy) is 2. The summed E-state index contributed by atoms with van der Waals surface area (Å²) in [5.41, 5.74) is 3.68. The predicted molar refractivity (Wildman–Crippen MR) is 99.4 cm³/mol. The van der Waals surface area contributed by atoms with Crippen LogP contribution in [-0.2, 0) is 11.2 Å². The Morgan fingerprint density at radius 3 is 2.67 bits per heavy atom. The van der Waals surface area contributed by atoms with Crippen molar-refractivity contribution >= 4 is 11.7 Å². The average molecular weight is 362 g/mol. The van der Waals surface area contributed by atoms with Crippen LogP contribution in [-0.4, -0.2) is 28.3 Å². The van der Waals surface area contributed by atoms with E-state index in [-0.39, 0.29) is 5.97 Å². The van der Waals surface area contributed by atoms with Crippen molar-refractivity contribution < 1.29 is 14.3 Å². The summed E-state index contributed by atoms with van der Waals surface area (Å²) >= 11 is 0. The normalized spacial score (nSPS) is 14.8. The van der Waals surface area contributed by atoms with Gasteiger partial charge in [0.2, 0.25) is 5.88 Å². The number of fused-ring (bicyclic) bond motifs is 3. The van der Waals surface area contributed by atoms with Crippen LogP contribution < -0.4 is 10.1 Å². The summed E-state index contributed by atoms with van der Waals surface area (Å²) in [7, 11) is 1.36. The molecule has 7 heteroatoms. The Kier molecular flexibility index (Phi) is 4.42. The SMILES string of the molecule is CCc1nnc2c(n1)OC(c1ccc(C(=O)OC)cc1)Nc1ccccc1-2. The number of carbonyl (C=O) groups excluding carboxylic acids is 1.